The van der Waals surface area contributed by atoms with E-state index in [1.54, 1.807) is 0 Å². The maximum Gasteiger partial charge on any atom is 0.327 e. The normalized spacial score (nSPS) is 11.1. The van der Waals surface area contributed by atoms with E-state index in [2.05, 4.69) is 11.4 Å². The molecule has 0 saturated heterocycles. The van der Waals surface area contributed by atoms with Gasteiger partial charge in [0.2, 0.25) is 0 Å². The lowest BCUT2D eigenvalue weighted by atomic mass is 10.2. The van der Waals surface area contributed by atoms with E-state index in [1.807, 2.05) is 0 Å². The predicted molar refractivity (Wildman–Crippen MR) is 52.3 cm³/mol. The largest absolute Gasteiger partial charge is 0.379 e. The van der Waals surface area contributed by atoms with Gasteiger partial charge in [0.05, 0.1) is 13.2 Å². The van der Waals surface area contributed by atoms with Crippen LogP contribution in [0.4, 0.5) is 0 Å². The summed E-state index contributed by atoms with van der Waals surface area (Å²) in [7, 11) is -2.21. The van der Waals surface area contributed by atoms with Crippen LogP contribution >= 0.6 is 8.60 Å². The molecule has 0 spiro atoms. The Labute approximate surface area is 80.9 Å². The van der Waals surface area contributed by atoms with E-state index in [0.29, 0.717) is 6.61 Å². The maximum atomic E-state index is 8.37. The highest BCUT2D eigenvalue weighted by Crippen LogP contribution is 2.23. The molecule has 0 saturated carbocycles. The summed E-state index contributed by atoms with van der Waals surface area (Å²) in [5.74, 6) is 0. The third kappa shape index (κ3) is 12.3. The summed E-state index contributed by atoms with van der Waals surface area (Å²) >= 11 is 0. The van der Waals surface area contributed by atoms with Crippen molar-refractivity contribution < 1.29 is 19.0 Å². The highest BCUT2D eigenvalue weighted by molar-refractivity contribution is 7.39. The minimum absolute atomic E-state index is 0.256. The second-order valence-corrected chi connectivity index (χ2v) is 3.52. The second kappa shape index (κ2) is 10.4. The lowest BCUT2D eigenvalue weighted by Gasteiger charge is -2.05. The quantitative estimate of drug-likeness (QED) is 0.450. The highest BCUT2D eigenvalue weighted by Gasteiger charge is 1.97. The molecule has 0 atom stereocenters. The highest BCUT2D eigenvalue weighted by atomic mass is 31.2. The third-order valence-corrected chi connectivity index (χ3v) is 1.99. The zero-order chi connectivity index (χ0) is 9.94. The fraction of sp³-hybridized carbons (Fsp3) is 1.00. The van der Waals surface area contributed by atoms with Crippen molar-refractivity contribution in [3.8, 4) is 0 Å². The van der Waals surface area contributed by atoms with Gasteiger partial charge in [0, 0.05) is 6.61 Å². The Hall–Kier alpha value is 0.270. The van der Waals surface area contributed by atoms with Gasteiger partial charge in [0.1, 0.15) is 0 Å². The van der Waals surface area contributed by atoms with Crippen molar-refractivity contribution in [3.05, 3.63) is 0 Å². The van der Waals surface area contributed by atoms with Crippen molar-refractivity contribution in [2.45, 2.75) is 32.6 Å². The zero-order valence-electron chi connectivity index (χ0n) is 8.11. The molecule has 0 radical (unpaired) electrons. The first-order valence-corrected chi connectivity index (χ1v) is 5.82. The summed E-state index contributed by atoms with van der Waals surface area (Å²) in [5, 5.41) is 0. The number of hydrogen-bond donors (Lipinski definition) is 2. The number of hydrogen-bond acceptors (Lipinski definition) is 4. The summed E-state index contributed by atoms with van der Waals surface area (Å²) in [6.07, 6.45) is 4.74. The third-order valence-electron chi connectivity index (χ3n) is 1.58. The summed E-state index contributed by atoms with van der Waals surface area (Å²) in [5.41, 5.74) is 0. The summed E-state index contributed by atoms with van der Waals surface area (Å²) < 4.78 is 9.71. The van der Waals surface area contributed by atoms with Gasteiger partial charge in [-0.2, -0.15) is 0 Å². The molecular formula is C8H19O4P. The first-order chi connectivity index (χ1) is 6.27. The van der Waals surface area contributed by atoms with Crippen LogP contribution in [0.1, 0.15) is 32.6 Å². The molecule has 0 bridgehead atoms. The van der Waals surface area contributed by atoms with E-state index in [4.69, 9.17) is 14.5 Å². The van der Waals surface area contributed by atoms with Gasteiger partial charge in [0.25, 0.3) is 0 Å². The van der Waals surface area contributed by atoms with Gasteiger partial charge in [-0.1, -0.05) is 26.2 Å². The van der Waals surface area contributed by atoms with Crippen LogP contribution in [0.15, 0.2) is 0 Å². The van der Waals surface area contributed by atoms with Crippen LogP contribution in [0.25, 0.3) is 0 Å². The summed E-state index contributed by atoms with van der Waals surface area (Å²) in [4.78, 5) is 16.7. The molecule has 0 aliphatic heterocycles. The Balaban J connectivity index is 2.84. The van der Waals surface area contributed by atoms with Gasteiger partial charge in [-0.15, -0.1) is 0 Å². The van der Waals surface area contributed by atoms with Crippen molar-refractivity contribution in [1.82, 2.24) is 0 Å². The molecule has 80 valence electrons. The van der Waals surface area contributed by atoms with Crippen LogP contribution in [0.3, 0.4) is 0 Å². The number of unbranched alkanes of at least 4 members (excludes halogenated alkanes) is 3. The molecule has 0 unspecified atom stereocenters. The van der Waals surface area contributed by atoms with E-state index < -0.39 is 8.60 Å². The Morgan fingerprint density at radius 1 is 1.00 bits per heavy atom. The van der Waals surface area contributed by atoms with Crippen LogP contribution in [0.5, 0.6) is 0 Å². The Bertz CT molecular complexity index is 100. The van der Waals surface area contributed by atoms with Gasteiger partial charge < -0.3 is 19.0 Å². The van der Waals surface area contributed by atoms with E-state index in [-0.39, 0.29) is 6.61 Å². The first-order valence-electron chi connectivity index (χ1n) is 4.66. The molecule has 0 rings (SSSR count). The molecule has 0 aromatic rings. The molecule has 4 nitrogen and oxygen atoms in total. The molecule has 0 amide bonds. The minimum atomic E-state index is -2.21. The van der Waals surface area contributed by atoms with Gasteiger partial charge >= 0.3 is 8.60 Å². The zero-order valence-corrected chi connectivity index (χ0v) is 9.00. The Kier molecular flexibility index (Phi) is 10.6. The van der Waals surface area contributed by atoms with Gasteiger partial charge in [-0.3, -0.25) is 0 Å². The predicted octanol–water partition coefficient (Wildman–Crippen LogP) is 1.81. The standard InChI is InChI=1S/C8H19O4P/c1-2-3-4-5-6-11-7-8-12-13(9)10/h9-10H,2-8H2,1H3. The smallest absolute Gasteiger partial charge is 0.327 e. The first kappa shape index (κ1) is 13.3. The fourth-order valence-electron chi connectivity index (χ4n) is 0.911. The van der Waals surface area contributed by atoms with Gasteiger partial charge in [-0.25, -0.2) is 0 Å². The van der Waals surface area contributed by atoms with E-state index in [1.165, 1.54) is 19.3 Å². The average Bonchev–Trinajstić information content (AvgIpc) is 2.09. The molecule has 5 heteroatoms. The van der Waals surface area contributed by atoms with Gasteiger partial charge in [0.15, 0.2) is 0 Å². The van der Waals surface area contributed by atoms with Crippen LogP contribution in [-0.4, -0.2) is 29.6 Å². The van der Waals surface area contributed by atoms with Crippen molar-refractivity contribution in [1.29, 1.82) is 0 Å². The lowest BCUT2D eigenvalue weighted by molar-refractivity contribution is 0.0921. The fourth-order valence-corrected chi connectivity index (χ4v) is 1.15. The molecule has 0 fully saturated rings. The number of rotatable bonds is 9. The molecule has 2 N–H and O–H groups in total. The molecule has 0 aromatic heterocycles. The Morgan fingerprint density at radius 3 is 2.38 bits per heavy atom. The molecular weight excluding hydrogens is 191 g/mol. The topological polar surface area (TPSA) is 58.9 Å². The molecule has 0 heterocycles. The molecule has 0 aliphatic carbocycles. The van der Waals surface area contributed by atoms with E-state index in [9.17, 15) is 0 Å². The second-order valence-electron chi connectivity index (χ2n) is 2.76. The number of ether oxygens (including phenoxy) is 1. The monoisotopic (exact) mass is 210 g/mol. The maximum absolute atomic E-state index is 8.37. The van der Waals surface area contributed by atoms with Crippen molar-refractivity contribution in [3.63, 3.8) is 0 Å². The SMILES string of the molecule is CCCCCCOCCOP(O)O. The Morgan fingerprint density at radius 2 is 1.77 bits per heavy atom. The summed E-state index contributed by atoms with van der Waals surface area (Å²) in [6.45, 7) is 3.59. The van der Waals surface area contributed by atoms with Crippen LogP contribution in [0.2, 0.25) is 0 Å². The van der Waals surface area contributed by atoms with Crippen LogP contribution in [0, 0.1) is 0 Å². The lowest BCUT2D eigenvalue weighted by Crippen LogP contribution is -2.02. The minimum Gasteiger partial charge on any atom is -0.379 e. The van der Waals surface area contributed by atoms with Crippen molar-refractivity contribution in [2.24, 2.45) is 0 Å². The average molecular weight is 210 g/mol. The van der Waals surface area contributed by atoms with Crippen molar-refractivity contribution >= 4 is 8.60 Å². The van der Waals surface area contributed by atoms with Crippen LogP contribution < -0.4 is 0 Å². The molecule has 13 heavy (non-hydrogen) atoms. The van der Waals surface area contributed by atoms with Crippen molar-refractivity contribution in [2.75, 3.05) is 19.8 Å². The van der Waals surface area contributed by atoms with Crippen LogP contribution in [-0.2, 0) is 9.26 Å². The molecule has 0 aromatic carbocycles. The van der Waals surface area contributed by atoms with Gasteiger partial charge in [-0.05, 0) is 6.42 Å². The summed E-state index contributed by atoms with van der Waals surface area (Å²) in [6, 6.07) is 0. The van der Waals surface area contributed by atoms with E-state index >= 15 is 0 Å². The van der Waals surface area contributed by atoms with E-state index in [0.717, 1.165) is 13.0 Å². The molecule has 0 aliphatic rings.